The first-order chi connectivity index (χ1) is 9.76. The Kier molecular flexibility index (Phi) is 5.88. The van der Waals surface area contributed by atoms with Gasteiger partial charge in [0.2, 0.25) is 0 Å². The van der Waals surface area contributed by atoms with Crippen molar-refractivity contribution in [2.24, 2.45) is 5.41 Å². The second-order valence-corrected chi connectivity index (χ2v) is 6.23. The number of carbonyl (C=O) groups excluding carboxylic acids is 1. The molecule has 0 bridgehead atoms. The minimum absolute atomic E-state index is 0.0576. The van der Waals surface area contributed by atoms with Gasteiger partial charge < -0.3 is 20.1 Å². The maximum Gasteiger partial charge on any atom is 0.315 e. The maximum absolute atomic E-state index is 11.8. The average Bonchev–Trinajstić information content (AvgIpc) is 2.42. The standard InChI is InChI=1S/C16H26N2O3/c1-11-7-14(21-6)12(8-13(11)20-5)9-17-15(19)18-10-16(2,3)4/h7-8H,9-10H2,1-6H3,(H2,17,18,19). The molecule has 0 radical (unpaired) electrons. The molecule has 5 nitrogen and oxygen atoms in total. The van der Waals surface area contributed by atoms with Crippen LogP contribution in [0.4, 0.5) is 4.79 Å². The Morgan fingerprint density at radius 1 is 1.10 bits per heavy atom. The van der Waals surface area contributed by atoms with E-state index in [1.165, 1.54) is 0 Å². The van der Waals surface area contributed by atoms with Crippen LogP contribution >= 0.6 is 0 Å². The normalized spacial score (nSPS) is 11.0. The topological polar surface area (TPSA) is 59.6 Å². The van der Waals surface area contributed by atoms with Crippen molar-refractivity contribution >= 4 is 6.03 Å². The number of aryl methyl sites for hydroxylation is 1. The highest BCUT2D eigenvalue weighted by molar-refractivity contribution is 5.74. The highest BCUT2D eigenvalue weighted by Crippen LogP contribution is 2.28. The highest BCUT2D eigenvalue weighted by atomic mass is 16.5. The summed E-state index contributed by atoms with van der Waals surface area (Å²) in [4.78, 5) is 11.8. The monoisotopic (exact) mass is 294 g/mol. The number of amides is 2. The number of carbonyl (C=O) groups is 1. The average molecular weight is 294 g/mol. The molecule has 0 saturated carbocycles. The highest BCUT2D eigenvalue weighted by Gasteiger charge is 2.13. The van der Waals surface area contributed by atoms with Gasteiger partial charge in [-0.15, -0.1) is 0 Å². The van der Waals surface area contributed by atoms with Gasteiger partial charge in [-0.05, 0) is 30.0 Å². The number of ether oxygens (including phenoxy) is 2. The zero-order valence-corrected chi connectivity index (χ0v) is 13.8. The number of hydrogen-bond acceptors (Lipinski definition) is 3. The second-order valence-electron chi connectivity index (χ2n) is 6.23. The van der Waals surface area contributed by atoms with E-state index in [9.17, 15) is 4.79 Å². The molecular formula is C16H26N2O3. The van der Waals surface area contributed by atoms with Crippen LogP contribution in [0.2, 0.25) is 0 Å². The molecule has 1 aromatic carbocycles. The van der Waals surface area contributed by atoms with E-state index in [-0.39, 0.29) is 11.4 Å². The van der Waals surface area contributed by atoms with Crippen molar-refractivity contribution in [2.45, 2.75) is 34.2 Å². The Morgan fingerprint density at radius 3 is 2.24 bits per heavy atom. The van der Waals surface area contributed by atoms with Crippen molar-refractivity contribution in [3.8, 4) is 11.5 Å². The van der Waals surface area contributed by atoms with Gasteiger partial charge in [0.15, 0.2) is 0 Å². The molecule has 2 N–H and O–H groups in total. The fraction of sp³-hybridized carbons (Fsp3) is 0.562. The van der Waals surface area contributed by atoms with E-state index in [1.807, 2.05) is 19.1 Å². The van der Waals surface area contributed by atoms with Crippen molar-refractivity contribution in [2.75, 3.05) is 20.8 Å². The van der Waals surface area contributed by atoms with Crippen molar-refractivity contribution in [1.82, 2.24) is 10.6 Å². The molecule has 0 unspecified atom stereocenters. The summed E-state index contributed by atoms with van der Waals surface area (Å²) < 4.78 is 10.6. The van der Waals surface area contributed by atoms with Gasteiger partial charge in [-0.3, -0.25) is 0 Å². The Hall–Kier alpha value is -1.91. The summed E-state index contributed by atoms with van der Waals surface area (Å²) in [7, 11) is 3.24. The number of nitrogens with one attached hydrogen (secondary N) is 2. The first-order valence-corrected chi connectivity index (χ1v) is 7.00. The smallest absolute Gasteiger partial charge is 0.315 e. The Morgan fingerprint density at radius 2 is 1.71 bits per heavy atom. The molecule has 0 atom stereocenters. The van der Waals surface area contributed by atoms with Crippen LogP contribution in [-0.2, 0) is 6.54 Å². The molecule has 0 aromatic heterocycles. The summed E-state index contributed by atoms with van der Waals surface area (Å²) in [6, 6.07) is 3.60. The lowest BCUT2D eigenvalue weighted by Gasteiger charge is -2.19. The predicted molar refractivity (Wildman–Crippen MR) is 84.0 cm³/mol. The Labute approximate surface area is 127 Å². The molecule has 0 aliphatic heterocycles. The molecule has 0 aliphatic rings. The maximum atomic E-state index is 11.8. The van der Waals surface area contributed by atoms with Crippen LogP contribution in [0.25, 0.3) is 0 Å². The van der Waals surface area contributed by atoms with Gasteiger partial charge >= 0.3 is 6.03 Å². The van der Waals surface area contributed by atoms with E-state index >= 15 is 0 Å². The number of benzene rings is 1. The SMILES string of the molecule is COc1cc(CNC(=O)NCC(C)(C)C)c(OC)cc1C. The number of hydrogen-bond donors (Lipinski definition) is 2. The molecule has 0 fully saturated rings. The van der Waals surface area contributed by atoms with Gasteiger partial charge in [0.1, 0.15) is 11.5 Å². The molecular weight excluding hydrogens is 268 g/mol. The molecule has 118 valence electrons. The first kappa shape index (κ1) is 17.1. The van der Waals surface area contributed by atoms with Crippen LogP contribution in [0.15, 0.2) is 12.1 Å². The van der Waals surface area contributed by atoms with E-state index in [2.05, 4.69) is 31.4 Å². The van der Waals surface area contributed by atoms with Crippen molar-refractivity contribution in [1.29, 1.82) is 0 Å². The van der Waals surface area contributed by atoms with E-state index in [1.54, 1.807) is 14.2 Å². The zero-order valence-electron chi connectivity index (χ0n) is 13.8. The zero-order chi connectivity index (χ0) is 16.0. The molecule has 0 spiro atoms. The van der Waals surface area contributed by atoms with Gasteiger partial charge in [0, 0.05) is 18.7 Å². The molecule has 0 heterocycles. The minimum Gasteiger partial charge on any atom is -0.496 e. The molecule has 1 rings (SSSR count). The third-order valence-corrected chi connectivity index (χ3v) is 3.02. The van der Waals surface area contributed by atoms with Crippen LogP contribution < -0.4 is 20.1 Å². The van der Waals surface area contributed by atoms with Crippen LogP contribution in [0.1, 0.15) is 31.9 Å². The minimum atomic E-state index is -0.188. The van der Waals surface area contributed by atoms with E-state index < -0.39 is 0 Å². The number of rotatable bonds is 5. The number of urea groups is 1. The number of methoxy groups -OCH3 is 2. The lowest BCUT2D eigenvalue weighted by Crippen LogP contribution is -2.39. The quantitative estimate of drug-likeness (QED) is 0.878. The molecule has 21 heavy (non-hydrogen) atoms. The van der Waals surface area contributed by atoms with Gasteiger partial charge in [0.25, 0.3) is 0 Å². The molecule has 0 aliphatic carbocycles. The second kappa shape index (κ2) is 7.20. The summed E-state index contributed by atoms with van der Waals surface area (Å²) in [5.74, 6) is 1.52. The third-order valence-electron chi connectivity index (χ3n) is 3.02. The molecule has 1 aromatic rings. The largest absolute Gasteiger partial charge is 0.496 e. The fourth-order valence-corrected chi connectivity index (χ4v) is 1.84. The van der Waals surface area contributed by atoms with Crippen LogP contribution in [0.5, 0.6) is 11.5 Å². The third kappa shape index (κ3) is 5.53. The van der Waals surface area contributed by atoms with E-state index in [0.29, 0.717) is 13.1 Å². The van der Waals surface area contributed by atoms with E-state index in [4.69, 9.17) is 9.47 Å². The summed E-state index contributed by atoms with van der Waals surface area (Å²) in [6.07, 6.45) is 0. The lowest BCUT2D eigenvalue weighted by atomic mass is 9.97. The Balaban J connectivity index is 2.68. The summed E-state index contributed by atoms with van der Waals surface area (Å²) in [6.45, 7) is 9.17. The fourth-order valence-electron chi connectivity index (χ4n) is 1.84. The Bertz CT molecular complexity index is 493. The summed E-state index contributed by atoms with van der Waals surface area (Å²) in [5, 5.41) is 5.68. The van der Waals surface area contributed by atoms with Crippen LogP contribution in [0, 0.1) is 12.3 Å². The van der Waals surface area contributed by atoms with Crippen LogP contribution in [0.3, 0.4) is 0 Å². The van der Waals surface area contributed by atoms with Crippen molar-refractivity contribution in [3.05, 3.63) is 23.3 Å². The van der Waals surface area contributed by atoms with Crippen molar-refractivity contribution in [3.63, 3.8) is 0 Å². The predicted octanol–water partition coefficient (Wildman–Crippen LogP) is 2.86. The van der Waals surface area contributed by atoms with Gasteiger partial charge in [-0.2, -0.15) is 0 Å². The lowest BCUT2D eigenvalue weighted by molar-refractivity contribution is 0.235. The summed E-state index contributed by atoms with van der Waals surface area (Å²) in [5.41, 5.74) is 1.93. The van der Waals surface area contributed by atoms with Gasteiger partial charge in [0.05, 0.1) is 14.2 Å². The molecule has 2 amide bonds. The molecule has 5 heteroatoms. The first-order valence-electron chi connectivity index (χ1n) is 7.00. The summed E-state index contributed by atoms with van der Waals surface area (Å²) >= 11 is 0. The van der Waals surface area contributed by atoms with E-state index in [0.717, 1.165) is 22.6 Å². The van der Waals surface area contributed by atoms with Gasteiger partial charge in [-0.25, -0.2) is 4.79 Å². The van der Waals surface area contributed by atoms with Crippen LogP contribution in [-0.4, -0.2) is 26.8 Å². The van der Waals surface area contributed by atoms with Gasteiger partial charge in [-0.1, -0.05) is 20.8 Å². The van der Waals surface area contributed by atoms with Crippen molar-refractivity contribution < 1.29 is 14.3 Å². The molecule has 0 saturated heterocycles.